The Morgan fingerprint density at radius 3 is 2.84 bits per heavy atom. The molecule has 0 saturated carbocycles. The topological polar surface area (TPSA) is 75.4 Å². The Hall–Kier alpha value is -0.760. The number of carbonyl (C=O) groups is 2. The van der Waals surface area contributed by atoms with Crippen molar-refractivity contribution in [1.29, 1.82) is 0 Å². The zero-order valence-corrected chi connectivity index (χ0v) is 13.0. The molecule has 1 aromatic rings. The van der Waals surface area contributed by atoms with Gasteiger partial charge in [0.05, 0.1) is 22.4 Å². The summed E-state index contributed by atoms with van der Waals surface area (Å²) >= 11 is 5.00. The first kappa shape index (κ1) is 14.6. The summed E-state index contributed by atoms with van der Waals surface area (Å²) in [5.74, 6) is -0.489. The fourth-order valence-corrected chi connectivity index (χ4v) is 3.91. The Morgan fingerprint density at radius 1 is 1.58 bits per heavy atom. The standard InChI is InChI=1S/C12H16BrN3O2S/c1-2-7-12(18)15-11(17)6-16(7)8(5-14)9-3-4-10(13)19-9/h3-4,7-8H,2,5-6,14H2,1H3,(H,15,17,18). The van der Waals surface area contributed by atoms with Gasteiger partial charge in [0, 0.05) is 11.4 Å². The van der Waals surface area contributed by atoms with Gasteiger partial charge in [-0.1, -0.05) is 6.92 Å². The molecule has 2 rings (SSSR count). The molecular formula is C12H16BrN3O2S. The van der Waals surface area contributed by atoms with E-state index in [-0.39, 0.29) is 30.4 Å². The molecule has 0 spiro atoms. The van der Waals surface area contributed by atoms with Crippen molar-refractivity contribution in [1.82, 2.24) is 10.2 Å². The van der Waals surface area contributed by atoms with E-state index in [2.05, 4.69) is 21.2 Å². The van der Waals surface area contributed by atoms with Crippen molar-refractivity contribution in [2.45, 2.75) is 25.4 Å². The van der Waals surface area contributed by atoms with E-state index in [0.717, 1.165) is 8.66 Å². The number of hydrogen-bond donors (Lipinski definition) is 2. The quantitative estimate of drug-likeness (QED) is 0.805. The third kappa shape index (κ3) is 3.05. The summed E-state index contributed by atoms with van der Waals surface area (Å²) in [5, 5.41) is 2.38. The highest BCUT2D eigenvalue weighted by Crippen LogP contribution is 2.32. The van der Waals surface area contributed by atoms with Crippen LogP contribution in [-0.4, -0.2) is 35.8 Å². The molecule has 1 fully saturated rings. The summed E-state index contributed by atoms with van der Waals surface area (Å²) < 4.78 is 1.02. The van der Waals surface area contributed by atoms with Crippen LogP contribution >= 0.6 is 27.3 Å². The zero-order chi connectivity index (χ0) is 14.0. The van der Waals surface area contributed by atoms with E-state index in [1.165, 1.54) is 0 Å². The summed E-state index contributed by atoms with van der Waals surface area (Å²) in [7, 11) is 0. The lowest BCUT2D eigenvalue weighted by Crippen LogP contribution is -2.59. The number of hydrogen-bond acceptors (Lipinski definition) is 5. The van der Waals surface area contributed by atoms with Crippen molar-refractivity contribution in [2.24, 2.45) is 5.73 Å². The van der Waals surface area contributed by atoms with Crippen LogP contribution in [0.15, 0.2) is 15.9 Å². The summed E-state index contributed by atoms with van der Waals surface area (Å²) in [6, 6.07) is 3.54. The molecule has 2 unspecified atom stereocenters. The van der Waals surface area contributed by atoms with Crippen LogP contribution < -0.4 is 11.1 Å². The van der Waals surface area contributed by atoms with Crippen molar-refractivity contribution in [3.05, 3.63) is 20.8 Å². The van der Waals surface area contributed by atoms with Gasteiger partial charge in [0.2, 0.25) is 11.8 Å². The van der Waals surface area contributed by atoms with Crippen molar-refractivity contribution < 1.29 is 9.59 Å². The lowest BCUT2D eigenvalue weighted by Gasteiger charge is -2.38. The first-order chi connectivity index (χ1) is 9.06. The number of rotatable bonds is 4. The molecule has 1 aliphatic heterocycles. The second-order valence-electron chi connectivity index (χ2n) is 4.40. The number of amides is 2. The largest absolute Gasteiger partial charge is 0.329 e. The van der Waals surface area contributed by atoms with Crippen LogP contribution in [0.25, 0.3) is 0 Å². The summed E-state index contributed by atoms with van der Waals surface area (Å²) in [6.45, 7) is 2.52. The maximum atomic E-state index is 11.9. The van der Waals surface area contributed by atoms with Crippen molar-refractivity contribution in [3.63, 3.8) is 0 Å². The molecule has 0 bridgehead atoms. The second-order valence-corrected chi connectivity index (χ2v) is 6.90. The number of nitrogens with one attached hydrogen (secondary N) is 1. The minimum absolute atomic E-state index is 0.101. The highest BCUT2D eigenvalue weighted by molar-refractivity contribution is 9.11. The van der Waals surface area contributed by atoms with Crippen LogP contribution in [-0.2, 0) is 9.59 Å². The third-order valence-corrected chi connectivity index (χ3v) is 4.95. The van der Waals surface area contributed by atoms with Crippen molar-refractivity contribution in [3.8, 4) is 0 Å². The van der Waals surface area contributed by atoms with E-state index in [1.807, 2.05) is 24.0 Å². The molecule has 19 heavy (non-hydrogen) atoms. The van der Waals surface area contributed by atoms with Gasteiger partial charge in [-0.2, -0.15) is 0 Å². The van der Waals surface area contributed by atoms with Gasteiger partial charge in [0.15, 0.2) is 0 Å². The van der Waals surface area contributed by atoms with Crippen LogP contribution in [0.3, 0.4) is 0 Å². The average molecular weight is 346 g/mol. The Morgan fingerprint density at radius 2 is 2.32 bits per heavy atom. The van der Waals surface area contributed by atoms with Crippen LogP contribution in [0.5, 0.6) is 0 Å². The molecule has 2 atom stereocenters. The third-order valence-electron chi connectivity index (χ3n) is 3.22. The monoisotopic (exact) mass is 345 g/mol. The smallest absolute Gasteiger partial charge is 0.243 e. The van der Waals surface area contributed by atoms with E-state index in [1.54, 1.807) is 11.3 Å². The first-order valence-corrected chi connectivity index (χ1v) is 7.72. The van der Waals surface area contributed by atoms with Crippen LogP contribution in [0.2, 0.25) is 0 Å². The zero-order valence-electron chi connectivity index (χ0n) is 10.6. The Labute approximate surface area is 124 Å². The molecule has 7 heteroatoms. The molecule has 1 aromatic heterocycles. The van der Waals surface area contributed by atoms with Gasteiger partial charge in [0.25, 0.3) is 0 Å². The number of piperazine rings is 1. The molecule has 2 heterocycles. The molecule has 1 saturated heterocycles. The summed E-state index contributed by atoms with van der Waals surface area (Å²) in [5.41, 5.74) is 5.86. The fraction of sp³-hybridized carbons (Fsp3) is 0.500. The average Bonchev–Trinajstić information content (AvgIpc) is 2.76. The molecular weight excluding hydrogens is 330 g/mol. The van der Waals surface area contributed by atoms with Gasteiger partial charge in [-0.3, -0.25) is 19.8 Å². The highest BCUT2D eigenvalue weighted by Gasteiger charge is 2.37. The number of thiophene rings is 1. The molecule has 1 aliphatic rings. The molecule has 0 radical (unpaired) electrons. The molecule has 3 N–H and O–H groups in total. The SMILES string of the molecule is CCC1C(=O)NC(=O)CN1C(CN)c1ccc(Br)s1. The molecule has 104 valence electrons. The maximum Gasteiger partial charge on any atom is 0.243 e. The predicted octanol–water partition coefficient (Wildman–Crippen LogP) is 1.25. The van der Waals surface area contributed by atoms with E-state index in [0.29, 0.717) is 13.0 Å². The fourth-order valence-electron chi connectivity index (χ4n) is 2.36. The van der Waals surface area contributed by atoms with Crippen LogP contribution in [0.4, 0.5) is 0 Å². The van der Waals surface area contributed by atoms with E-state index in [9.17, 15) is 9.59 Å². The lowest BCUT2D eigenvalue weighted by molar-refractivity contribution is -0.141. The minimum Gasteiger partial charge on any atom is -0.329 e. The minimum atomic E-state index is -0.299. The first-order valence-electron chi connectivity index (χ1n) is 6.11. The van der Waals surface area contributed by atoms with Crippen molar-refractivity contribution in [2.75, 3.05) is 13.1 Å². The lowest BCUT2D eigenvalue weighted by atomic mass is 10.0. The Kier molecular flexibility index (Phi) is 4.72. The van der Waals surface area contributed by atoms with Gasteiger partial charge < -0.3 is 5.73 Å². The number of imide groups is 1. The number of nitrogens with zero attached hydrogens (tertiary/aromatic N) is 1. The Balaban J connectivity index is 2.29. The maximum absolute atomic E-state index is 11.9. The van der Waals surface area contributed by atoms with Gasteiger partial charge >= 0.3 is 0 Å². The van der Waals surface area contributed by atoms with Gasteiger partial charge in [-0.25, -0.2) is 0 Å². The summed E-state index contributed by atoms with van der Waals surface area (Å²) in [4.78, 5) is 26.4. The van der Waals surface area contributed by atoms with E-state index in [4.69, 9.17) is 5.73 Å². The second kappa shape index (κ2) is 6.13. The number of halogens is 1. The molecule has 0 aliphatic carbocycles. The Bertz CT molecular complexity index is 491. The number of nitrogens with two attached hydrogens (primary N) is 1. The predicted molar refractivity (Wildman–Crippen MR) is 77.7 cm³/mol. The van der Waals surface area contributed by atoms with Crippen LogP contribution in [0.1, 0.15) is 24.3 Å². The number of carbonyl (C=O) groups excluding carboxylic acids is 2. The molecule has 2 amide bonds. The van der Waals surface area contributed by atoms with E-state index < -0.39 is 0 Å². The highest BCUT2D eigenvalue weighted by atomic mass is 79.9. The van der Waals surface area contributed by atoms with Gasteiger partial charge in [0.1, 0.15) is 0 Å². The molecule has 5 nitrogen and oxygen atoms in total. The van der Waals surface area contributed by atoms with E-state index >= 15 is 0 Å². The van der Waals surface area contributed by atoms with Crippen LogP contribution in [0, 0.1) is 0 Å². The van der Waals surface area contributed by atoms with Gasteiger partial charge in [-0.05, 0) is 34.5 Å². The normalized spacial score (nSPS) is 22.4. The summed E-state index contributed by atoms with van der Waals surface area (Å²) in [6.07, 6.45) is 0.655. The van der Waals surface area contributed by atoms with Crippen molar-refractivity contribution >= 4 is 39.1 Å². The van der Waals surface area contributed by atoms with Gasteiger partial charge in [-0.15, -0.1) is 11.3 Å². The molecule has 0 aromatic carbocycles.